The largest absolute Gasteiger partial charge is 0.497 e. The number of nitrogens with one attached hydrogen (secondary N) is 2. The number of benzene rings is 2. The lowest BCUT2D eigenvalue weighted by molar-refractivity contribution is 0.244. The summed E-state index contributed by atoms with van der Waals surface area (Å²) in [6.45, 7) is 4.71. The second-order valence-electron chi connectivity index (χ2n) is 8.21. The summed E-state index contributed by atoms with van der Waals surface area (Å²) in [6.07, 6.45) is 6.34. The van der Waals surface area contributed by atoms with Gasteiger partial charge in [0, 0.05) is 34.4 Å². The van der Waals surface area contributed by atoms with Crippen LogP contribution in [0.1, 0.15) is 33.1 Å². The summed E-state index contributed by atoms with van der Waals surface area (Å²) >= 11 is 18.8. The van der Waals surface area contributed by atoms with Crippen LogP contribution in [0.4, 0.5) is 16.2 Å². The number of hydrogen-bond donors (Lipinski definition) is 2. The van der Waals surface area contributed by atoms with Crippen LogP contribution in [-0.4, -0.2) is 31.8 Å². The molecule has 182 valence electrons. The van der Waals surface area contributed by atoms with Crippen molar-refractivity contribution in [2.45, 2.75) is 45.2 Å². The number of rotatable bonds is 7. The predicted octanol–water partition coefficient (Wildman–Crippen LogP) is 7.64. The molecule has 0 spiro atoms. The summed E-state index contributed by atoms with van der Waals surface area (Å²) in [4.78, 5) is 15.0. The zero-order valence-corrected chi connectivity index (χ0v) is 21.8. The van der Waals surface area contributed by atoms with Crippen LogP contribution in [0.15, 0.2) is 65.2 Å². The van der Waals surface area contributed by atoms with Crippen LogP contribution in [0.3, 0.4) is 0 Å². The lowest BCUT2D eigenvalue weighted by Gasteiger charge is -2.42. The van der Waals surface area contributed by atoms with Gasteiger partial charge in [-0.1, -0.05) is 53.9 Å². The number of amides is 2. The average Bonchev–Trinajstić information content (AvgIpc) is 2.80. The fraction of sp³-hybridized carbons (Fsp3) is 0.346. The summed E-state index contributed by atoms with van der Waals surface area (Å²) in [5.74, 6) is 0.686. The van der Waals surface area contributed by atoms with Gasteiger partial charge < -0.3 is 20.3 Å². The van der Waals surface area contributed by atoms with E-state index in [9.17, 15) is 4.79 Å². The number of ether oxygens (including phenoxy) is 1. The molecule has 2 amide bonds. The maximum Gasteiger partial charge on any atom is 0.319 e. The number of piperidine rings is 1. The molecule has 1 fully saturated rings. The molecule has 0 radical (unpaired) electrons. The highest BCUT2D eigenvalue weighted by Gasteiger charge is 2.32. The first kappa shape index (κ1) is 26.3. The Morgan fingerprint density at radius 3 is 2.68 bits per heavy atom. The van der Waals surface area contributed by atoms with E-state index in [0.717, 1.165) is 31.5 Å². The van der Waals surface area contributed by atoms with Crippen molar-refractivity contribution in [2.75, 3.05) is 23.9 Å². The average molecular weight is 523 g/mol. The summed E-state index contributed by atoms with van der Waals surface area (Å²) in [5.41, 5.74) is 2.82. The molecule has 3 rings (SSSR count). The van der Waals surface area contributed by atoms with Gasteiger partial charge in [0.25, 0.3) is 0 Å². The molecule has 1 heterocycles. The molecule has 34 heavy (non-hydrogen) atoms. The Kier molecular flexibility index (Phi) is 9.57. The van der Waals surface area contributed by atoms with E-state index < -0.39 is 0 Å². The predicted molar refractivity (Wildman–Crippen MR) is 144 cm³/mol. The van der Waals surface area contributed by atoms with Crippen molar-refractivity contribution < 1.29 is 9.53 Å². The van der Waals surface area contributed by atoms with Gasteiger partial charge in [-0.15, -0.1) is 0 Å². The van der Waals surface area contributed by atoms with E-state index in [1.807, 2.05) is 43.3 Å². The second kappa shape index (κ2) is 12.4. The third-order valence-electron chi connectivity index (χ3n) is 5.85. The molecule has 0 aromatic heterocycles. The molecule has 2 atom stereocenters. The van der Waals surface area contributed by atoms with Crippen molar-refractivity contribution >= 4 is 52.2 Å². The van der Waals surface area contributed by atoms with Crippen LogP contribution in [0.5, 0.6) is 5.75 Å². The Labute approximate surface area is 216 Å². The van der Waals surface area contributed by atoms with Gasteiger partial charge >= 0.3 is 6.03 Å². The number of nitrogens with zero attached hydrogens (tertiary/aromatic N) is 1. The number of allylic oxidation sites excluding steroid dienone is 3. The smallest absolute Gasteiger partial charge is 0.319 e. The maximum absolute atomic E-state index is 12.7. The molecule has 0 saturated carbocycles. The SMILES string of the molecule is CC/C(=C\C=C(/C)Cl)C1CC(NC(=O)Nc2cccc(OC)c2)CCN1c1ccc(Cl)cc1Cl. The molecule has 0 bridgehead atoms. The molecule has 2 N–H and O–H groups in total. The zero-order valence-electron chi connectivity index (χ0n) is 19.6. The Morgan fingerprint density at radius 2 is 2.00 bits per heavy atom. The minimum absolute atomic E-state index is 0.00559. The number of hydrogen-bond acceptors (Lipinski definition) is 3. The lowest BCUT2D eigenvalue weighted by atomic mass is 9.89. The number of methoxy groups -OCH3 is 1. The van der Waals surface area contributed by atoms with Gasteiger partial charge in [-0.3, -0.25) is 0 Å². The monoisotopic (exact) mass is 521 g/mol. The topological polar surface area (TPSA) is 53.6 Å². The molecule has 2 aromatic rings. The zero-order chi connectivity index (χ0) is 24.7. The first-order valence-electron chi connectivity index (χ1n) is 11.3. The number of urea groups is 1. The van der Waals surface area contributed by atoms with Crippen molar-refractivity contribution in [1.29, 1.82) is 0 Å². The molecule has 1 aliphatic rings. The van der Waals surface area contributed by atoms with E-state index in [2.05, 4.69) is 28.5 Å². The molecule has 5 nitrogen and oxygen atoms in total. The van der Waals surface area contributed by atoms with Crippen LogP contribution in [-0.2, 0) is 0 Å². The first-order chi connectivity index (χ1) is 16.3. The van der Waals surface area contributed by atoms with Crippen LogP contribution in [0.2, 0.25) is 10.0 Å². The number of carbonyl (C=O) groups excluding carboxylic acids is 1. The van der Waals surface area contributed by atoms with Crippen LogP contribution < -0.4 is 20.3 Å². The molecular weight excluding hydrogens is 493 g/mol. The van der Waals surface area contributed by atoms with E-state index in [0.29, 0.717) is 26.5 Å². The van der Waals surface area contributed by atoms with Gasteiger partial charge in [0.15, 0.2) is 0 Å². The van der Waals surface area contributed by atoms with Crippen molar-refractivity contribution in [2.24, 2.45) is 0 Å². The first-order valence-corrected chi connectivity index (χ1v) is 12.4. The van der Waals surface area contributed by atoms with Crippen molar-refractivity contribution in [3.8, 4) is 5.75 Å². The van der Waals surface area contributed by atoms with Gasteiger partial charge in [-0.05, 0) is 68.2 Å². The highest BCUT2D eigenvalue weighted by molar-refractivity contribution is 6.36. The Morgan fingerprint density at radius 1 is 1.21 bits per heavy atom. The number of anilines is 2. The standard InChI is InChI=1S/C26H30Cl3N3O2/c1-4-18(9-8-17(2)27)25-16-21(12-13-32(25)24-11-10-19(28)14-23(24)29)31-26(33)30-20-6-5-7-22(15-20)34-3/h5-11,14-15,21,25H,4,12-13,16H2,1-3H3,(H2,30,31,33)/b17-8+,18-9+. The van der Waals surface area contributed by atoms with Crippen LogP contribution in [0, 0.1) is 0 Å². The quantitative estimate of drug-likeness (QED) is 0.367. The minimum atomic E-state index is -0.242. The summed E-state index contributed by atoms with van der Waals surface area (Å²) in [7, 11) is 1.60. The van der Waals surface area contributed by atoms with Crippen LogP contribution in [0.25, 0.3) is 0 Å². The molecular formula is C26H30Cl3N3O2. The molecule has 2 aromatic carbocycles. The third-order valence-corrected chi connectivity index (χ3v) is 6.51. The highest BCUT2D eigenvalue weighted by atomic mass is 35.5. The molecule has 1 saturated heterocycles. The van der Waals surface area contributed by atoms with Gasteiger partial charge in [0.2, 0.25) is 0 Å². The van der Waals surface area contributed by atoms with Gasteiger partial charge in [-0.25, -0.2) is 4.79 Å². The molecule has 0 aliphatic carbocycles. The van der Waals surface area contributed by atoms with E-state index in [1.165, 1.54) is 5.57 Å². The van der Waals surface area contributed by atoms with Crippen LogP contribution >= 0.6 is 34.8 Å². The highest BCUT2D eigenvalue weighted by Crippen LogP contribution is 2.36. The minimum Gasteiger partial charge on any atom is -0.497 e. The van der Waals surface area contributed by atoms with Gasteiger partial charge in [0.1, 0.15) is 5.75 Å². The normalized spacial score (nSPS) is 19.1. The van der Waals surface area contributed by atoms with E-state index in [4.69, 9.17) is 39.5 Å². The second-order valence-corrected chi connectivity index (χ2v) is 9.65. The van der Waals surface area contributed by atoms with Crippen molar-refractivity contribution in [1.82, 2.24) is 5.32 Å². The van der Waals surface area contributed by atoms with Crippen molar-refractivity contribution in [3.63, 3.8) is 0 Å². The number of halogens is 3. The van der Waals surface area contributed by atoms with E-state index in [1.54, 1.807) is 19.2 Å². The van der Waals surface area contributed by atoms with Gasteiger partial charge in [-0.2, -0.15) is 0 Å². The fourth-order valence-electron chi connectivity index (χ4n) is 4.19. The van der Waals surface area contributed by atoms with Crippen molar-refractivity contribution in [3.05, 3.63) is 75.3 Å². The van der Waals surface area contributed by atoms with E-state index >= 15 is 0 Å². The summed E-state index contributed by atoms with van der Waals surface area (Å²) in [6, 6.07) is 12.7. The molecule has 8 heteroatoms. The Balaban J connectivity index is 1.80. The third kappa shape index (κ3) is 7.08. The fourth-order valence-corrected chi connectivity index (χ4v) is 4.77. The Hall–Kier alpha value is -2.34. The molecule has 2 unspecified atom stereocenters. The summed E-state index contributed by atoms with van der Waals surface area (Å²) < 4.78 is 5.23. The maximum atomic E-state index is 12.7. The van der Waals surface area contributed by atoms with Gasteiger partial charge in [0.05, 0.1) is 23.9 Å². The lowest BCUT2D eigenvalue weighted by Crippen LogP contribution is -2.51. The number of carbonyl (C=O) groups is 1. The summed E-state index contributed by atoms with van der Waals surface area (Å²) in [5, 5.41) is 7.96. The molecule has 1 aliphatic heterocycles. The van der Waals surface area contributed by atoms with E-state index in [-0.39, 0.29) is 18.1 Å². The Bertz CT molecular complexity index is 1070.